The van der Waals surface area contributed by atoms with Gasteiger partial charge in [-0.2, -0.15) is 0 Å². The van der Waals surface area contributed by atoms with E-state index in [0.717, 1.165) is 24.4 Å². The fraction of sp³-hybridized carbons (Fsp3) is 0.381. The molecule has 2 heterocycles. The van der Waals surface area contributed by atoms with Crippen molar-refractivity contribution in [1.82, 2.24) is 24.3 Å². The van der Waals surface area contributed by atoms with Crippen LogP contribution in [0.25, 0.3) is 5.69 Å². The Balaban J connectivity index is 1.62. The molecule has 0 atom stereocenters. The molecule has 0 amide bonds. The Hall–Kier alpha value is -3.14. The molecule has 3 aromatic rings. The van der Waals surface area contributed by atoms with E-state index < -0.39 is 17.0 Å². The van der Waals surface area contributed by atoms with Gasteiger partial charge >= 0.3 is 5.69 Å². The number of thioether (sulfide) groups is 1. The van der Waals surface area contributed by atoms with Crippen molar-refractivity contribution < 1.29 is 4.79 Å². The Morgan fingerprint density at radius 3 is 2.58 bits per heavy atom. The van der Waals surface area contributed by atoms with Gasteiger partial charge in [0.1, 0.15) is 17.2 Å². The van der Waals surface area contributed by atoms with Gasteiger partial charge in [-0.1, -0.05) is 43.8 Å². The van der Waals surface area contributed by atoms with Gasteiger partial charge in [0.05, 0.1) is 5.75 Å². The lowest BCUT2D eigenvalue weighted by Gasteiger charge is -2.14. The van der Waals surface area contributed by atoms with Crippen LogP contribution in [0.4, 0.5) is 5.82 Å². The van der Waals surface area contributed by atoms with E-state index in [4.69, 9.17) is 5.73 Å². The molecule has 0 bridgehead atoms. The Morgan fingerprint density at radius 1 is 1.23 bits per heavy atom. The molecule has 1 aliphatic carbocycles. The van der Waals surface area contributed by atoms with E-state index in [1.54, 1.807) is 0 Å². The Kier molecular flexibility index (Phi) is 5.81. The zero-order valence-corrected chi connectivity index (χ0v) is 18.2. The number of Topliss-reactive ketones (excluding diaryl/α,β-unsaturated/α-hetero) is 1. The number of carbonyl (C=O) groups excluding carboxylic acids is 1. The summed E-state index contributed by atoms with van der Waals surface area (Å²) in [4.78, 5) is 39.6. The monoisotopic (exact) mass is 440 g/mol. The minimum atomic E-state index is -0.767. The van der Waals surface area contributed by atoms with Crippen LogP contribution in [-0.2, 0) is 6.54 Å². The lowest BCUT2D eigenvalue weighted by molar-refractivity contribution is 0.102. The van der Waals surface area contributed by atoms with Crippen molar-refractivity contribution in [1.29, 1.82) is 0 Å². The molecular weight excluding hydrogens is 416 g/mol. The molecule has 1 fully saturated rings. The van der Waals surface area contributed by atoms with Crippen molar-refractivity contribution in [2.24, 2.45) is 5.92 Å². The molecule has 4 rings (SSSR count). The number of benzene rings is 1. The summed E-state index contributed by atoms with van der Waals surface area (Å²) in [6.45, 7) is 4.15. The van der Waals surface area contributed by atoms with Crippen LogP contribution in [0.15, 0.2) is 45.1 Å². The molecule has 0 radical (unpaired) electrons. The van der Waals surface area contributed by atoms with Crippen molar-refractivity contribution in [3.8, 4) is 5.69 Å². The summed E-state index contributed by atoms with van der Waals surface area (Å²) < 4.78 is 3.20. The Labute approximate surface area is 182 Å². The number of ketones is 1. The van der Waals surface area contributed by atoms with Crippen molar-refractivity contribution in [2.45, 2.75) is 44.3 Å². The van der Waals surface area contributed by atoms with E-state index in [1.807, 2.05) is 48.7 Å². The summed E-state index contributed by atoms with van der Waals surface area (Å²) in [5, 5.41) is 9.20. The quantitative estimate of drug-likeness (QED) is 0.406. The highest BCUT2D eigenvalue weighted by molar-refractivity contribution is 7.99. The van der Waals surface area contributed by atoms with Gasteiger partial charge in [0, 0.05) is 18.2 Å². The maximum absolute atomic E-state index is 12.9. The molecule has 162 valence electrons. The van der Waals surface area contributed by atoms with E-state index in [2.05, 4.69) is 15.2 Å². The first-order valence-corrected chi connectivity index (χ1v) is 11.1. The number of rotatable bonds is 8. The summed E-state index contributed by atoms with van der Waals surface area (Å²) in [7, 11) is 0. The van der Waals surface area contributed by atoms with Crippen molar-refractivity contribution in [2.75, 3.05) is 11.5 Å². The number of hydrogen-bond donors (Lipinski definition) is 2. The predicted octanol–water partition coefficient (Wildman–Crippen LogP) is 2.21. The summed E-state index contributed by atoms with van der Waals surface area (Å²) in [5.41, 5.74) is 5.41. The average Bonchev–Trinajstić information content (AvgIpc) is 3.49. The zero-order valence-electron chi connectivity index (χ0n) is 17.4. The molecule has 1 aromatic carbocycles. The number of nitrogens with one attached hydrogen (secondary N) is 1. The summed E-state index contributed by atoms with van der Waals surface area (Å²) in [6, 6.07) is 9.73. The lowest BCUT2D eigenvalue weighted by Crippen LogP contribution is -2.37. The minimum Gasteiger partial charge on any atom is -0.384 e. The third-order valence-corrected chi connectivity index (χ3v) is 5.94. The van der Waals surface area contributed by atoms with Crippen molar-refractivity contribution in [3.63, 3.8) is 0 Å². The van der Waals surface area contributed by atoms with Crippen LogP contribution in [0.5, 0.6) is 0 Å². The van der Waals surface area contributed by atoms with Gasteiger partial charge in [-0.05, 0) is 30.9 Å². The van der Waals surface area contributed by atoms with Gasteiger partial charge in [-0.3, -0.25) is 23.7 Å². The molecule has 0 aliphatic heterocycles. The van der Waals surface area contributed by atoms with Crippen LogP contribution in [0.2, 0.25) is 0 Å². The van der Waals surface area contributed by atoms with Crippen LogP contribution in [0.1, 0.15) is 48.8 Å². The number of hydrogen-bond acceptors (Lipinski definition) is 7. The number of H-pyrrole nitrogens is 1. The summed E-state index contributed by atoms with van der Waals surface area (Å²) >= 11 is 1.20. The molecule has 3 N–H and O–H groups in total. The second-order valence-corrected chi connectivity index (χ2v) is 8.96. The maximum Gasteiger partial charge on any atom is 0.329 e. The first-order chi connectivity index (χ1) is 14.9. The number of carbonyl (C=O) groups is 1. The van der Waals surface area contributed by atoms with E-state index in [-0.39, 0.29) is 23.1 Å². The average molecular weight is 441 g/mol. The smallest absolute Gasteiger partial charge is 0.329 e. The second kappa shape index (κ2) is 8.54. The largest absolute Gasteiger partial charge is 0.384 e. The summed E-state index contributed by atoms with van der Waals surface area (Å²) in [6.07, 6.45) is 2.13. The standard InChI is InChI=1S/C21H24N6O3S/c1-12(2)10-26-17(22)16(19(29)23-20(26)30)15(28)11-31-21-25-24-18(13-8-9-13)27(21)14-6-4-3-5-7-14/h3-7,12-13H,8-11,22H2,1-2H3,(H,23,29,30). The third kappa shape index (κ3) is 4.34. The van der Waals surface area contributed by atoms with Crippen LogP contribution in [0.3, 0.4) is 0 Å². The van der Waals surface area contributed by atoms with E-state index >= 15 is 0 Å². The second-order valence-electron chi connectivity index (χ2n) is 8.02. The van der Waals surface area contributed by atoms with E-state index in [1.165, 1.54) is 16.3 Å². The number of aromatic amines is 1. The predicted molar refractivity (Wildman–Crippen MR) is 119 cm³/mol. The van der Waals surface area contributed by atoms with Gasteiger partial charge in [0.2, 0.25) is 0 Å². The molecule has 31 heavy (non-hydrogen) atoms. The molecule has 0 unspecified atom stereocenters. The lowest BCUT2D eigenvalue weighted by atomic mass is 10.2. The molecule has 0 saturated heterocycles. The van der Waals surface area contributed by atoms with Crippen molar-refractivity contribution in [3.05, 3.63) is 62.6 Å². The molecule has 0 spiro atoms. The van der Waals surface area contributed by atoms with Gasteiger partial charge < -0.3 is 5.73 Å². The van der Waals surface area contributed by atoms with E-state index in [0.29, 0.717) is 17.6 Å². The van der Waals surface area contributed by atoms with Crippen LogP contribution in [0, 0.1) is 5.92 Å². The number of anilines is 1. The minimum absolute atomic E-state index is 0.0528. The van der Waals surface area contributed by atoms with Gasteiger partial charge in [0.15, 0.2) is 10.9 Å². The first-order valence-electron chi connectivity index (χ1n) is 10.2. The Morgan fingerprint density at radius 2 is 1.94 bits per heavy atom. The fourth-order valence-electron chi connectivity index (χ4n) is 3.41. The van der Waals surface area contributed by atoms with E-state index in [9.17, 15) is 14.4 Å². The molecule has 1 aliphatic rings. The normalized spacial score (nSPS) is 13.6. The number of nitrogen functional groups attached to an aromatic ring is 1. The van der Waals surface area contributed by atoms with Gasteiger partial charge in [0.25, 0.3) is 5.56 Å². The SMILES string of the molecule is CC(C)Cn1c(N)c(C(=O)CSc2nnc(C3CC3)n2-c2ccccc2)c(=O)[nH]c1=O. The van der Waals surface area contributed by atoms with Crippen LogP contribution in [-0.4, -0.2) is 35.9 Å². The highest BCUT2D eigenvalue weighted by Gasteiger charge is 2.31. The van der Waals surface area contributed by atoms with Crippen LogP contribution >= 0.6 is 11.8 Å². The molecule has 10 heteroatoms. The highest BCUT2D eigenvalue weighted by Crippen LogP contribution is 2.41. The van der Waals surface area contributed by atoms with Gasteiger partial charge in [-0.25, -0.2) is 4.79 Å². The molecule has 1 saturated carbocycles. The Bertz CT molecular complexity index is 1220. The molecule has 9 nitrogen and oxygen atoms in total. The summed E-state index contributed by atoms with van der Waals surface area (Å²) in [5.74, 6) is 0.754. The zero-order chi connectivity index (χ0) is 22.1. The highest BCUT2D eigenvalue weighted by atomic mass is 32.2. The van der Waals surface area contributed by atoms with Crippen molar-refractivity contribution >= 4 is 23.4 Å². The fourth-order valence-corrected chi connectivity index (χ4v) is 4.24. The molecule has 2 aromatic heterocycles. The number of nitrogens with two attached hydrogens (primary N) is 1. The third-order valence-electron chi connectivity index (χ3n) is 5.01. The number of aromatic nitrogens is 5. The van der Waals surface area contributed by atoms with Gasteiger partial charge in [-0.15, -0.1) is 10.2 Å². The number of para-hydroxylation sites is 1. The van der Waals surface area contributed by atoms with Crippen LogP contribution < -0.4 is 17.0 Å². The first kappa shape index (κ1) is 21.1. The molecular formula is C21H24N6O3S. The topological polar surface area (TPSA) is 129 Å². The number of nitrogens with zero attached hydrogens (tertiary/aromatic N) is 4. The maximum atomic E-state index is 12.9.